The Balaban J connectivity index is 2.25. The van der Waals surface area contributed by atoms with Gasteiger partial charge in [-0.3, -0.25) is 5.32 Å². The van der Waals surface area contributed by atoms with Gasteiger partial charge in [0.1, 0.15) is 18.6 Å². The van der Waals surface area contributed by atoms with Crippen molar-refractivity contribution >= 4 is 0 Å². The maximum Gasteiger partial charge on any atom is 0.200 e. The molecule has 0 saturated carbocycles. The maximum absolute atomic E-state index is 9.97. The van der Waals surface area contributed by atoms with Crippen LogP contribution in [0.5, 0.6) is 23.0 Å². The molecule has 2 atom stereocenters. The number of ether oxygens (including phenoxy) is 2. The molecule has 4 N–H and O–H groups in total. The van der Waals surface area contributed by atoms with E-state index in [0.717, 1.165) is 5.56 Å². The van der Waals surface area contributed by atoms with E-state index in [-0.39, 0.29) is 23.9 Å². The lowest BCUT2D eigenvalue weighted by Gasteiger charge is -2.24. The van der Waals surface area contributed by atoms with E-state index < -0.39 is 12.3 Å². The van der Waals surface area contributed by atoms with Gasteiger partial charge in [0.25, 0.3) is 0 Å². The molecule has 0 radical (unpaired) electrons. The molecule has 2 aromatic carbocycles. The fourth-order valence-corrected chi connectivity index (χ4v) is 2.40. The van der Waals surface area contributed by atoms with E-state index in [0.29, 0.717) is 11.3 Å². The molecule has 6 nitrogen and oxygen atoms in total. The summed E-state index contributed by atoms with van der Waals surface area (Å²) in [7, 11) is 1.40. The van der Waals surface area contributed by atoms with Gasteiger partial charge in [0, 0.05) is 5.56 Å². The smallest absolute Gasteiger partial charge is 0.200 e. The lowest BCUT2D eigenvalue weighted by atomic mass is 10.0. The van der Waals surface area contributed by atoms with E-state index in [1.807, 2.05) is 31.2 Å². The predicted molar refractivity (Wildman–Crippen MR) is 90.6 cm³/mol. The summed E-state index contributed by atoms with van der Waals surface area (Å²) in [5.74, 6) is 0.217. The number of methoxy groups -OCH3 is 1. The molecule has 0 heterocycles. The standard InChI is InChI=1S/C18H23NO5/c1-11-4-6-13(7-5-11)24-10-15(19-12(2)20)14-8-9-16(21)17(22)18(14)23-3/h4-9,12,15,19-22H,10H2,1-3H3. The van der Waals surface area contributed by atoms with Crippen molar-refractivity contribution in [1.29, 1.82) is 0 Å². The molecule has 2 aromatic rings. The molecule has 0 aliphatic rings. The first kappa shape index (κ1) is 17.9. The number of benzene rings is 2. The van der Waals surface area contributed by atoms with Gasteiger partial charge < -0.3 is 24.8 Å². The van der Waals surface area contributed by atoms with E-state index in [2.05, 4.69) is 5.32 Å². The molecule has 0 fully saturated rings. The number of phenolic OH excluding ortho intramolecular Hbond substituents is 2. The lowest BCUT2D eigenvalue weighted by molar-refractivity contribution is 0.122. The van der Waals surface area contributed by atoms with Crippen LogP contribution in [-0.4, -0.2) is 35.3 Å². The molecule has 2 unspecified atom stereocenters. The van der Waals surface area contributed by atoms with Crippen molar-refractivity contribution in [3.05, 3.63) is 47.5 Å². The number of nitrogens with one attached hydrogen (secondary N) is 1. The van der Waals surface area contributed by atoms with Crippen LogP contribution < -0.4 is 14.8 Å². The summed E-state index contributed by atoms with van der Waals surface area (Å²) in [6.07, 6.45) is -0.794. The Bertz CT molecular complexity index is 670. The quantitative estimate of drug-likeness (QED) is 0.460. The Hall–Kier alpha value is -2.44. The highest BCUT2D eigenvalue weighted by atomic mass is 16.5. The predicted octanol–water partition coefficient (Wildman–Crippen LogP) is 2.46. The molecule has 0 saturated heterocycles. The zero-order chi connectivity index (χ0) is 17.7. The van der Waals surface area contributed by atoms with Crippen molar-refractivity contribution in [3.8, 4) is 23.0 Å². The fourth-order valence-electron chi connectivity index (χ4n) is 2.40. The molecular formula is C18H23NO5. The number of phenols is 2. The molecule has 0 spiro atoms. The summed E-state index contributed by atoms with van der Waals surface area (Å²) in [5, 5.41) is 32.2. The molecule has 0 aliphatic heterocycles. The third-order valence-corrected chi connectivity index (χ3v) is 3.60. The average molecular weight is 333 g/mol. The molecule has 6 heteroatoms. The van der Waals surface area contributed by atoms with Crippen molar-refractivity contribution in [1.82, 2.24) is 5.32 Å². The highest BCUT2D eigenvalue weighted by molar-refractivity contribution is 5.55. The van der Waals surface area contributed by atoms with Crippen LogP contribution >= 0.6 is 0 Å². The minimum Gasteiger partial charge on any atom is -0.504 e. The maximum atomic E-state index is 9.97. The number of hydrogen-bond acceptors (Lipinski definition) is 6. The zero-order valence-corrected chi connectivity index (χ0v) is 14.0. The second kappa shape index (κ2) is 7.90. The lowest BCUT2D eigenvalue weighted by Crippen LogP contribution is -2.34. The normalized spacial score (nSPS) is 13.3. The number of rotatable bonds is 7. The Morgan fingerprint density at radius 1 is 1.08 bits per heavy atom. The minimum absolute atomic E-state index is 0.139. The van der Waals surface area contributed by atoms with Gasteiger partial charge in [0.15, 0.2) is 11.5 Å². The first-order valence-electron chi connectivity index (χ1n) is 7.64. The fraction of sp³-hybridized carbons (Fsp3) is 0.333. The highest BCUT2D eigenvalue weighted by Crippen LogP contribution is 2.40. The molecule has 2 rings (SSSR count). The van der Waals surface area contributed by atoms with Gasteiger partial charge in [-0.1, -0.05) is 17.7 Å². The van der Waals surface area contributed by atoms with Gasteiger partial charge in [0.2, 0.25) is 5.75 Å². The van der Waals surface area contributed by atoms with E-state index in [4.69, 9.17) is 9.47 Å². The zero-order valence-electron chi connectivity index (χ0n) is 14.0. The summed E-state index contributed by atoms with van der Waals surface area (Å²) < 4.78 is 11.0. The van der Waals surface area contributed by atoms with Crippen LogP contribution in [0.1, 0.15) is 24.1 Å². The molecule has 0 aromatic heterocycles. The van der Waals surface area contributed by atoms with Gasteiger partial charge in [-0.2, -0.15) is 0 Å². The number of aryl methyl sites for hydroxylation is 1. The third-order valence-electron chi connectivity index (χ3n) is 3.60. The topological polar surface area (TPSA) is 91.2 Å². The van der Waals surface area contributed by atoms with Crippen molar-refractivity contribution in [3.63, 3.8) is 0 Å². The Morgan fingerprint density at radius 3 is 2.33 bits per heavy atom. The largest absolute Gasteiger partial charge is 0.504 e. The summed E-state index contributed by atoms with van der Waals surface area (Å²) >= 11 is 0. The summed E-state index contributed by atoms with van der Waals surface area (Å²) in [6.45, 7) is 3.78. The number of aliphatic hydroxyl groups is 1. The molecule has 0 aliphatic carbocycles. The van der Waals surface area contributed by atoms with Crippen LogP contribution in [0.4, 0.5) is 0 Å². The molecular weight excluding hydrogens is 310 g/mol. The van der Waals surface area contributed by atoms with E-state index in [9.17, 15) is 15.3 Å². The van der Waals surface area contributed by atoms with Crippen LogP contribution in [0, 0.1) is 6.92 Å². The van der Waals surface area contributed by atoms with Crippen LogP contribution in [0.25, 0.3) is 0 Å². The van der Waals surface area contributed by atoms with Crippen molar-refractivity contribution < 1.29 is 24.8 Å². The molecule has 0 bridgehead atoms. The monoisotopic (exact) mass is 333 g/mol. The second-order valence-electron chi connectivity index (χ2n) is 5.58. The van der Waals surface area contributed by atoms with Gasteiger partial charge in [-0.15, -0.1) is 0 Å². The van der Waals surface area contributed by atoms with Crippen LogP contribution in [-0.2, 0) is 0 Å². The van der Waals surface area contributed by atoms with Gasteiger partial charge in [-0.25, -0.2) is 0 Å². The van der Waals surface area contributed by atoms with E-state index in [1.54, 1.807) is 13.0 Å². The van der Waals surface area contributed by atoms with Crippen molar-refractivity contribution in [2.75, 3.05) is 13.7 Å². The first-order chi connectivity index (χ1) is 11.4. The van der Waals surface area contributed by atoms with Crippen molar-refractivity contribution in [2.45, 2.75) is 26.1 Å². The van der Waals surface area contributed by atoms with Gasteiger partial charge >= 0.3 is 0 Å². The van der Waals surface area contributed by atoms with Gasteiger partial charge in [-0.05, 0) is 38.1 Å². The van der Waals surface area contributed by atoms with E-state index in [1.165, 1.54) is 13.2 Å². The van der Waals surface area contributed by atoms with Crippen LogP contribution in [0.15, 0.2) is 36.4 Å². The second-order valence-corrected chi connectivity index (χ2v) is 5.58. The van der Waals surface area contributed by atoms with Gasteiger partial charge in [0.05, 0.1) is 13.2 Å². The Labute approximate surface area is 141 Å². The molecule has 24 heavy (non-hydrogen) atoms. The SMILES string of the molecule is COc1c(C(COc2ccc(C)cc2)NC(C)O)ccc(O)c1O. The summed E-state index contributed by atoms with van der Waals surface area (Å²) in [4.78, 5) is 0. The number of aliphatic hydroxyl groups excluding tert-OH is 1. The average Bonchev–Trinajstić information content (AvgIpc) is 2.55. The summed E-state index contributed by atoms with van der Waals surface area (Å²) in [6, 6.07) is 10.1. The summed E-state index contributed by atoms with van der Waals surface area (Å²) in [5.41, 5.74) is 1.70. The number of aromatic hydroxyl groups is 2. The minimum atomic E-state index is -0.794. The van der Waals surface area contributed by atoms with E-state index >= 15 is 0 Å². The highest BCUT2D eigenvalue weighted by Gasteiger charge is 2.22. The van der Waals surface area contributed by atoms with Crippen molar-refractivity contribution in [2.24, 2.45) is 0 Å². The van der Waals surface area contributed by atoms with Crippen LogP contribution in [0.2, 0.25) is 0 Å². The van der Waals surface area contributed by atoms with Crippen LogP contribution in [0.3, 0.4) is 0 Å². The molecule has 130 valence electrons. The third kappa shape index (κ3) is 4.31. The Morgan fingerprint density at radius 2 is 1.75 bits per heavy atom. The first-order valence-corrected chi connectivity index (χ1v) is 7.64. The Kier molecular flexibility index (Phi) is 5.89. The molecule has 0 amide bonds. The number of hydrogen-bond donors (Lipinski definition) is 4.